The summed E-state index contributed by atoms with van der Waals surface area (Å²) in [7, 11) is 0. The van der Waals surface area contributed by atoms with Gasteiger partial charge in [0.15, 0.2) is 11.6 Å². The number of imidazole rings is 1. The van der Waals surface area contributed by atoms with Crippen molar-refractivity contribution in [1.29, 1.82) is 5.41 Å². The Hall–Kier alpha value is -4.52. The minimum absolute atomic E-state index is 0.0259. The minimum atomic E-state index is -0.909. The number of para-hydroxylation sites is 3. The summed E-state index contributed by atoms with van der Waals surface area (Å²) in [5.74, 6) is -1.96. The molecule has 2 N–H and O–H groups in total. The Bertz CT molecular complexity index is 1620. The predicted molar refractivity (Wildman–Crippen MR) is 132 cm³/mol. The third-order valence-corrected chi connectivity index (χ3v) is 5.92. The van der Waals surface area contributed by atoms with E-state index in [2.05, 4.69) is 5.32 Å². The molecule has 0 fully saturated rings. The zero-order chi connectivity index (χ0) is 24.5. The van der Waals surface area contributed by atoms with Crippen LogP contribution >= 0.6 is 0 Å². The normalized spacial score (nSPS) is 11.1. The maximum Gasteiger partial charge on any atom is 0.221 e. The second-order valence-electron chi connectivity index (χ2n) is 8.22. The van der Waals surface area contributed by atoms with Crippen LogP contribution in [0.5, 0.6) is 0 Å². The van der Waals surface area contributed by atoms with Crippen molar-refractivity contribution in [3.8, 4) is 16.8 Å². The van der Waals surface area contributed by atoms with E-state index in [4.69, 9.17) is 5.41 Å². The SMILES string of the molecule is CC(=O)Nc1ccccc1-c1ccc(-n2c(=N)n(Cc3cccc(F)c3F)c3ccccc32)cc1. The topological polar surface area (TPSA) is 62.8 Å². The van der Waals surface area contributed by atoms with Gasteiger partial charge in [-0.25, -0.2) is 8.78 Å². The van der Waals surface area contributed by atoms with Crippen molar-refractivity contribution in [2.24, 2.45) is 0 Å². The third kappa shape index (κ3) is 4.12. The Morgan fingerprint density at radius 2 is 1.54 bits per heavy atom. The number of rotatable bonds is 5. The molecule has 35 heavy (non-hydrogen) atoms. The highest BCUT2D eigenvalue weighted by Gasteiger charge is 2.15. The lowest BCUT2D eigenvalue weighted by atomic mass is 10.0. The van der Waals surface area contributed by atoms with Gasteiger partial charge in [-0.1, -0.05) is 54.6 Å². The number of anilines is 1. The molecule has 0 aliphatic rings. The summed E-state index contributed by atoms with van der Waals surface area (Å²) >= 11 is 0. The molecule has 0 saturated heterocycles. The average Bonchev–Trinajstić information content (AvgIpc) is 3.13. The lowest BCUT2D eigenvalue weighted by Crippen LogP contribution is -2.24. The molecule has 0 radical (unpaired) electrons. The van der Waals surface area contributed by atoms with Gasteiger partial charge in [0.2, 0.25) is 11.5 Å². The first kappa shape index (κ1) is 22.3. The summed E-state index contributed by atoms with van der Waals surface area (Å²) in [5, 5.41) is 11.7. The standard InChI is InChI=1S/C28H22F2N4O/c1-18(35)32-24-10-3-2-8-22(24)19-13-15-21(16-14-19)34-26-12-5-4-11-25(26)33(28(34)31)17-20-7-6-9-23(29)27(20)30/h2-16,31H,17H2,1H3,(H,32,35). The molecule has 0 unspecified atom stereocenters. The van der Waals surface area contributed by atoms with Crippen LogP contribution in [0.1, 0.15) is 12.5 Å². The molecule has 0 aliphatic carbocycles. The van der Waals surface area contributed by atoms with E-state index < -0.39 is 11.6 Å². The number of carbonyl (C=O) groups is 1. The number of nitrogens with one attached hydrogen (secondary N) is 2. The Labute approximate surface area is 200 Å². The molecule has 0 aliphatic heterocycles. The van der Waals surface area contributed by atoms with Crippen molar-refractivity contribution in [3.05, 3.63) is 114 Å². The van der Waals surface area contributed by atoms with Crippen molar-refractivity contribution in [2.75, 3.05) is 5.32 Å². The maximum atomic E-state index is 14.4. The van der Waals surface area contributed by atoms with E-state index >= 15 is 0 Å². The van der Waals surface area contributed by atoms with Crippen LogP contribution in [-0.2, 0) is 11.3 Å². The molecule has 4 aromatic carbocycles. The average molecular weight is 469 g/mol. The fourth-order valence-electron chi connectivity index (χ4n) is 4.32. The quantitative estimate of drug-likeness (QED) is 0.333. The van der Waals surface area contributed by atoms with Gasteiger partial charge in [0.25, 0.3) is 0 Å². The van der Waals surface area contributed by atoms with Crippen LogP contribution in [0.15, 0.2) is 91.0 Å². The zero-order valence-corrected chi connectivity index (χ0v) is 18.9. The van der Waals surface area contributed by atoms with Gasteiger partial charge in [-0.2, -0.15) is 0 Å². The summed E-state index contributed by atoms with van der Waals surface area (Å²) in [6, 6.07) is 26.8. The molecule has 0 atom stereocenters. The molecule has 1 amide bonds. The van der Waals surface area contributed by atoms with Gasteiger partial charge in [-0.3, -0.25) is 14.8 Å². The van der Waals surface area contributed by atoms with Gasteiger partial charge >= 0.3 is 0 Å². The molecule has 7 heteroatoms. The van der Waals surface area contributed by atoms with Gasteiger partial charge in [0.1, 0.15) is 0 Å². The van der Waals surface area contributed by atoms with Gasteiger partial charge in [0, 0.05) is 29.4 Å². The monoisotopic (exact) mass is 468 g/mol. The second-order valence-corrected chi connectivity index (χ2v) is 8.22. The van der Waals surface area contributed by atoms with E-state index in [0.29, 0.717) is 0 Å². The summed E-state index contributed by atoms with van der Waals surface area (Å²) in [5.41, 5.74) is 5.10. The molecular weight excluding hydrogens is 446 g/mol. The van der Waals surface area contributed by atoms with Crippen LogP contribution in [0.4, 0.5) is 14.5 Å². The molecule has 5 aromatic rings. The van der Waals surface area contributed by atoms with E-state index in [-0.39, 0.29) is 23.6 Å². The summed E-state index contributed by atoms with van der Waals surface area (Å²) in [6.07, 6.45) is 0. The number of fused-ring (bicyclic) bond motifs is 1. The molecule has 1 aromatic heterocycles. The van der Waals surface area contributed by atoms with Crippen LogP contribution in [0.25, 0.3) is 27.8 Å². The minimum Gasteiger partial charge on any atom is -0.326 e. The lowest BCUT2D eigenvalue weighted by Gasteiger charge is -2.11. The van der Waals surface area contributed by atoms with Crippen molar-refractivity contribution >= 4 is 22.6 Å². The number of amides is 1. The Morgan fingerprint density at radius 1 is 0.857 bits per heavy atom. The number of hydrogen-bond acceptors (Lipinski definition) is 2. The van der Waals surface area contributed by atoms with Gasteiger partial charge in [-0.15, -0.1) is 0 Å². The van der Waals surface area contributed by atoms with Crippen LogP contribution in [-0.4, -0.2) is 15.0 Å². The van der Waals surface area contributed by atoms with Gasteiger partial charge in [0.05, 0.1) is 17.6 Å². The van der Waals surface area contributed by atoms with Crippen LogP contribution in [0.2, 0.25) is 0 Å². The Balaban J connectivity index is 1.59. The summed E-state index contributed by atoms with van der Waals surface area (Å²) in [6.45, 7) is 1.50. The molecule has 174 valence electrons. The Kier molecular flexibility index (Phi) is 5.74. The Morgan fingerprint density at radius 3 is 2.29 bits per heavy atom. The van der Waals surface area contributed by atoms with Crippen molar-refractivity contribution in [3.63, 3.8) is 0 Å². The van der Waals surface area contributed by atoms with Gasteiger partial charge in [-0.05, 0) is 42.0 Å². The predicted octanol–water partition coefficient (Wildman–Crippen LogP) is 5.86. The molecule has 1 heterocycles. The van der Waals surface area contributed by atoms with E-state index in [9.17, 15) is 13.6 Å². The first-order chi connectivity index (χ1) is 16.9. The highest BCUT2D eigenvalue weighted by Crippen LogP contribution is 2.29. The fraction of sp³-hybridized carbons (Fsp3) is 0.0714. The summed E-state index contributed by atoms with van der Waals surface area (Å²) < 4.78 is 31.6. The molecule has 0 spiro atoms. The van der Waals surface area contributed by atoms with Crippen LogP contribution in [0, 0.1) is 17.0 Å². The number of benzene rings is 4. The van der Waals surface area contributed by atoms with Crippen molar-refractivity contribution in [1.82, 2.24) is 9.13 Å². The van der Waals surface area contributed by atoms with E-state index in [1.807, 2.05) is 72.8 Å². The van der Waals surface area contributed by atoms with E-state index in [1.54, 1.807) is 9.13 Å². The zero-order valence-electron chi connectivity index (χ0n) is 18.9. The summed E-state index contributed by atoms with van der Waals surface area (Å²) in [4.78, 5) is 11.6. The first-order valence-corrected chi connectivity index (χ1v) is 11.1. The van der Waals surface area contributed by atoms with Crippen molar-refractivity contribution < 1.29 is 13.6 Å². The second kappa shape index (κ2) is 9.02. The number of halogens is 2. The largest absolute Gasteiger partial charge is 0.326 e. The molecular formula is C28H22F2N4O. The molecule has 5 rings (SSSR count). The maximum absolute atomic E-state index is 14.4. The number of nitrogens with zero attached hydrogens (tertiary/aromatic N) is 2. The highest BCUT2D eigenvalue weighted by atomic mass is 19.2. The smallest absolute Gasteiger partial charge is 0.221 e. The number of aromatic nitrogens is 2. The first-order valence-electron chi connectivity index (χ1n) is 11.1. The third-order valence-electron chi connectivity index (χ3n) is 5.92. The molecule has 0 bridgehead atoms. The van der Waals surface area contributed by atoms with Crippen LogP contribution in [0.3, 0.4) is 0 Å². The fourth-order valence-corrected chi connectivity index (χ4v) is 4.32. The number of hydrogen-bond donors (Lipinski definition) is 2. The van der Waals surface area contributed by atoms with E-state index in [1.165, 1.54) is 19.1 Å². The van der Waals surface area contributed by atoms with Gasteiger partial charge < -0.3 is 9.88 Å². The van der Waals surface area contributed by atoms with Crippen LogP contribution < -0.4 is 10.9 Å². The lowest BCUT2D eigenvalue weighted by molar-refractivity contribution is -0.114. The molecule has 5 nitrogen and oxygen atoms in total. The van der Waals surface area contributed by atoms with Crippen molar-refractivity contribution in [2.45, 2.75) is 13.5 Å². The molecule has 0 saturated carbocycles. The van der Waals surface area contributed by atoms with E-state index in [0.717, 1.165) is 39.6 Å². The number of carbonyl (C=O) groups excluding carboxylic acids is 1. The highest BCUT2D eigenvalue weighted by molar-refractivity contribution is 5.94.